The summed E-state index contributed by atoms with van der Waals surface area (Å²) in [5.41, 5.74) is 6.26. The van der Waals surface area contributed by atoms with E-state index in [1.54, 1.807) is 24.3 Å². The standard InChI is InChI=1S/C13H22N2O3/c1-2-15(6-7-16)9-12(17)10-18-13-5-3-4-11(14)8-13/h3-5,8,12,16-17H,2,6-7,9-10,14H2,1H3. The Morgan fingerprint density at radius 2 is 2.22 bits per heavy atom. The zero-order chi connectivity index (χ0) is 13.4. The molecule has 5 heteroatoms. The van der Waals surface area contributed by atoms with Crippen molar-refractivity contribution in [2.45, 2.75) is 13.0 Å². The molecule has 0 saturated carbocycles. The zero-order valence-corrected chi connectivity index (χ0v) is 10.7. The number of aliphatic hydroxyl groups is 2. The Balaban J connectivity index is 2.34. The number of hydrogen-bond donors (Lipinski definition) is 3. The van der Waals surface area contributed by atoms with Crippen molar-refractivity contribution in [3.63, 3.8) is 0 Å². The molecule has 0 bridgehead atoms. The Bertz CT molecular complexity index is 347. The van der Waals surface area contributed by atoms with E-state index in [-0.39, 0.29) is 13.2 Å². The van der Waals surface area contributed by atoms with Crippen LogP contribution >= 0.6 is 0 Å². The van der Waals surface area contributed by atoms with Crippen molar-refractivity contribution in [1.82, 2.24) is 4.90 Å². The second kappa shape index (κ2) is 7.92. The molecule has 18 heavy (non-hydrogen) atoms. The molecule has 1 rings (SSSR count). The smallest absolute Gasteiger partial charge is 0.121 e. The Labute approximate surface area is 108 Å². The van der Waals surface area contributed by atoms with Gasteiger partial charge in [-0.2, -0.15) is 0 Å². The van der Waals surface area contributed by atoms with Gasteiger partial charge in [-0.15, -0.1) is 0 Å². The topological polar surface area (TPSA) is 79.0 Å². The fourth-order valence-electron chi connectivity index (χ4n) is 1.67. The van der Waals surface area contributed by atoms with Gasteiger partial charge in [0, 0.05) is 24.8 Å². The summed E-state index contributed by atoms with van der Waals surface area (Å²) < 4.78 is 5.45. The first-order valence-corrected chi connectivity index (χ1v) is 6.15. The van der Waals surface area contributed by atoms with E-state index in [0.717, 1.165) is 6.54 Å². The Morgan fingerprint density at radius 3 is 2.83 bits per heavy atom. The summed E-state index contributed by atoms with van der Waals surface area (Å²) in [7, 11) is 0. The minimum Gasteiger partial charge on any atom is -0.491 e. The second-order valence-corrected chi connectivity index (χ2v) is 4.15. The van der Waals surface area contributed by atoms with Crippen LogP contribution < -0.4 is 10.5 Å². The first kappa shape index (κ1) is 14.8. The minimum absolute atomic E-state index is 0.0939. The quantitative estimate of drug-likeness (QED) is 0.582. The van der Waals surface area contributed by atoms with Crippen molar-refractivity contribution >= 4 is 5.69 Å². The van der Waals surface area contributed by atoms with Crippen LogP contribution in [0.3, 0.4) is 0 Å². The average molecular weight is 254 g/mol. The van der Waals surface area contributed by atoms with Crippen LogP contribution in [0.2, 0.25) is 0 Å². The molecule has 0 aliphatic carbocycles. The molecule has 0 aromatic heterocycles. The molecule has 1 aromatic rings. The first-order chi connectivity index (χ1) is 8.65. The van der Waals surface area contributed by atoms with E-state index >= 15 is 0 Å². The summed E-state index contributed by atoms with van der Waals surface area (Å²) in [5.74, 6) is 0.652. The summed E-state index contributed by atoms with van der Waals surface area (Å²) in [6.45, 7) is 4.13. The maximum Gasteiger partial charge on any atom is 0.121 e. The van der Waals surface area contributed by atoms with Crippen molar-refractivity contribution in [3.05, 3.63) is 24.3 Å². The van der Waals surface area contributed by atoms with Gasteiger partial charge in [-0.25, -0.2) is 0 Å². The van der Waals surface area contributed by atoms with E-state index in [9.17, 15) is 5.11 Å². The van der Waals surface area contributed by atoms with Crippen molar-refractivity contribution in [2.24, 2.45) is 0 Å². The number of nitrogens with two attached hydrogens (primary N) is 1. The van der Waals surface area contributed by atoms with E-state index < -0.39 is 6.10 Å². The maximum atomic E-state index is 9.83. The fourth-order valence-corrected chi connectivity index (χ4v) is 1.67. The van der Waals surface area contributed by atoms with Crippen LogP contribution in [0.15, 0.2) is 24.3 Å². The largest absolute Gasteiger partial charge is 0.491 e. The van der Waals surface area contributed by atoms with Crippen LogP contribution in [0.25, 0.3) is 0 Å². The summed E-state index contributed by atoms with van der Waals surface area (Å²) >= 11 is 0. The molecule has 0 heterocycles. The molecule has 4 N–H and O–H groups in total. The van der Waals surface area contributed by atoms with Gasteiger partial charge in [0.05, 0.1) is 6.61 Å². The highest BCUT2D eigenvalue weighted by atomic mass is 16.5. The average Bonchev–Trinajstić information content (AvgIpc) is 2.36. The molecule has 0 fully saturated rings. The normalized spacial score (nSPS) is 12.7. The van der Waals surface area contributed by atoms with Gasteiger partial charge in [-0.1, -0.05) is 13.0 Å². The third kappa shape index (κ3) is 5.35. The highest BCUT2D eigenvalue weighted by Crippen LogP contribution is 2.14. The van der Waals surface area contributed by atoms with E-state index in [0.29, 0.717) is 24.5 Å². The third-order valence-electron chi connectivity index (χ3n) is 2.63. The number of rotatable bonds is 8. The van der Waals surface area contributed by atoms with E-state index in [2.05, 4.69) is 0 Å². The number of nitrogens with zero attached hydrogens (tertiary/aromatic N) is 1. The Hall–Kier alpha value is -1.30. The van der Waals surface area contributed by atoms with Gasteiger partial charge in [0.1, 0.15) is 18.5 Å². The zero-order valence-electron chi connectivity index (χ0n) is 10.7. The first-order valence-electron chi connectivity index (χ1n) is 6.15. The minimum atomic E-state index is -0.585. The number of aliphatic hydroxyl groups excluding tert-OH is 2. The molecule has 102 valence electrons. The highest BCUT2D eigenvalue weighted by molar-refractivity contribution is 5.43. The van der Waals surface area contributed by atoms with Gasteiger partial charge in [0.15, 0.2) is 0 Å². The summed E-state index contributed by atoms with van der Waals surface area (Å²) in [5, 5.41) is 18.7. The molecule has 0 aliphatic rings. The molecule has 1 unspecified atom stereocenters. The maximum absolute atomic E-state index is 9.83. The summed E-state index contributed by atoms with van der Waals surface area (Å²) in [4.78, 5) is 1.97. The lowest BCUT2D eigenvalue weighted by atomic mass is 10.3. The van der Waals surface area contributed by atoms with E-state index in [1.807, 2.05) is 11.8 Å². The number of nitrogen functional groups attached to an aromatic ring is 1. The highest BCUT2D eigenvalue weighted by Gasteiger charge is 2.10. The second-order valence-electron chi connectivity index (χ2n) is 4.15. The SMILES string of the molecule is CCN(CCO)CC(O)COc1cccc(N)c1. The van der Waals surface area contributed by atoms with Gasteiger partial charge >= 0.3 is 0 Å². The number of ether oxygens (including phenoxy) is 1. The molecule has 0 radical (unpaired) electrons. The van der Waals surface area contributed by atoms with Crippen LogP contribution in [-0.4, -0.2) is 54.1 Å². The van der Waals surface area contributed by atoms with Crippen molar-refractivity contribution in [2.75, 3.05) is 38.6 Å². The lowest BCUT2D eigenvalue weighted by Crippen LogP contribution is -2.37. The van der Waals surface area contributed by atoms with E-state index in [1.165, 1.54) is 0 Å². The molecule has 1 atom stereocenters. The molecule has 0 aliphatic heterocycles. The van der Waals surface area contributed by atoms with Crippen LogP contribution in [0.5, 0.6) is 5.75 Å². The molecular weight excluding hydrogens is 232 g/mol. The number of benzene rings is 1. The molecular formula is C13H22N2O3. The van der Waals surface area contributed by atoms with Crippen LogP contribution in [0.1, 0.15) is 6.92 Å². The monoisotopic (exact) mass is 254 g/mol. The van der Waals surface area contributed by atoms with Crippen molar-refractivity contribution < 1.29 is 14.9 Å². The van der Waals surface area contributed by atoms with Crippen molar-refractivity contribution in [1.29, 1.82) is 0 Å². The predicted octanol–water partition coefficient (Wildman–Crippen LogP) is 0.323. The molecule has 5 nitrogen and oxygen atoms in total. The van der Waals surface area contributed by atoms with Crippen molar-refractivity contribution in [3.8, 4) is 5.75 Å². The molecule has 0 saturated heterocycles. The lowest BCUT2D eigenvalue weighted by Gasteiger charge is -2.22. The van der Waals surface area contributed by atoms with Gasteiger partial charge in [-0.3, -0.25) is 4.90 Å². The lowest BCUT2D eigenvalue weighted by molar-refractivity contribution is 0.0638. The van der Waals surface area contributed by atoms with Gasteiger partial charge in [0.25, 0.3) is 0 Å². The molecule has 1 aromatic carbocycles. The van der Waals surface area contributed by atoms with Crippen LogP contribution in [0, 0.1) is 0 Å². The van der Waals surface area contributed by atoms with Crippen LogP contribution in [-0.2, 0) is 0 Å². The number of likely N-dealkylation sites (N-methyl/N-ethyl adjacent to an activating group) is 1. The van der Waals surface area contributed by atoms with Crippen LogP contribution in [0.4, 0.5) is 5.69 Å². The number of anilines is 1. The summed E-state index contributed by atoms with van der Waals surface area (Å²) in [6.07, 6.45) is -0.585. The predicted molar refractivity (Wildman–Crippen MR) is 71.6 cm³/mol. The molecule has 0 amide bonds. The van der Waals surface area contributed by atoms with Gasteiger partial charge in [-0.05, 0) is 18.7 Å². The number of hydrogen-bond acceptors (Lipinski definition) is 5. The summed E-state index contributed by atoms with van der Waals surface area (Å²) in [6, 6.07) is 7.11. The van der Waals surface area contributed by atoms with Gasteiger partial charge < -0.3 is 20.7 Å². The third-order valence-corrected chi connectivity index (χ3v) is 2.63. The Kier molecular flexibility index (Phi) is 6.49. The fraction of sp³-hybridized carbons (Fsp3) is 0.538. The van der Waals surface area contributed by atoms with Gasteiger partial charge in [0.2, 0.25) is 0 Å². The van der Waals surface area contributed by atoms with E-state index in [4.69, 9.17) is 15.6 Å². The molecule has 0 spiro atoms. The Morgan fingerprint density at radius 1 is 1.44 bits per heavy atom.